The van der Waals surface area contributed by atoms with Gasteiger partial charge in [-0.25, -0.2) is 9.79 Å². The molecule has 11 heteroatoms. The SMILES string of the molecule is CCCC1=C(C(=O)OCC)[C@@H](c2cc(Br)ccc2OC)n2c(s/c(=C/c3ccc(OCc4ccccc4Cl)c(OC)c3)c2=O)=N1. The minimum absolute atomic E-state index is 0.189. The monoisotopic (exact) mass is 710 g/mol. The lowest BCUT2D eigenvalue weighted by Crippen LogP contribution is -2.40. The van der Waals surface area contributed by atoms with Gasteiger partial charge in [-0.15, -0.1) is 0 Å². The first-order valence-corrected chi connectivity index (χ1v) is 16.4. The molecule has 0 N–H and O–H groups in total. The predicted octanol–water partition coefficient (Wildman–Crippen LogP) is 6.59. The van der Waals surface area contributed by atoms with Crippen molar-refractivity contribution >= 4 is 50.9 Å². The second kappa shape index (κ2) is 14.5. The standard InChI is InChI=1S/C34H32BrClN2O6S/c1-5-9-25-30(33(40)43-6-2)31(23-18-22(35)13-15-26(23)41-3)38-32(39)29(45-34(38)37-25)17-20-12-14-27(28(16-20)42-4)44-19-21-10-7-8-11-24(21)36/h7-8,10-18,31H,5-6,9,19H2,1-4H3/b29-17+/t31-/m1/s1. The van der Waals surface area contributed by atoms with Crippen molar-refractivity contribution in [1.29, 1.82) is 0 Å². The van der Waals surface area contributed by atoms with Crippen LogP contribution in [0.3, 0.4) is 0 Å². The van der Waals surface area contributed by atoms with E-state index in [0.717, 1.165) is 22.0 Å². The van der Waals surface area contributed by atoms with Gasteiger partial charge in [-0.1, -0.05) is 76.5 Å². The fourth-order valence-corrected chi connectivity index (χ4v) is 6.74. The van der Waals surface area contributed by atoms with E-state index in [1.54, 1.807) is 43.9 Å². The number of methoxy groups -OCH3 is 2. The Balaban J connectivity index is 1.62. The summed E-state index contributed by atoms with van der Waals surface area (Å²) < 4.78 is 25.6. The van der Waals surface area contributed by atoms with E-state index in [1.165, 1.54) is 11.3 Å². The number of fused-ring (bicyclic) bond motifs is 1. The van der Waals surface area contributed by atoms with Gasteiger partial charge in [0.05, 0.1) is 36.6 Å². The van der Waals surface area contributed by atoms with Crippen LogP contribution in [0.5, 0.6) is 17.2 Å². The van der Waals surface area contributed by atoms with Gasteiger partial charge in [-0.2, -0.15) is 0 Å². The van der Waals surface area contributed by atoms with Crippen LogP contribution in [0.2, 0.25) is 5.02 Å². The van der Waals surface area contributed by atoms with Gasteiger partial charge in [0, 0.05) is 20.6 Å². The average Bonchev–Trinajstić information content (AvgIpc) is 3.34. The van der Waals surface area contributed by atoms with Crippen LogP contribution in [0.15, 0.2) is 86.2 Å². The van der Waals surface area contributed by atoms with Crippen LogP contribution in [0.4, 0.5) is 0 Å². The molecule has 0 fully saturated rings. The highest BCUT2D eigenvalue weighted by Crippen LogP contribution is 2.38. The number of carbonyl (C=O) groups excluding carboxylic acids is 1. The van der Waals surface area contributed by atoms with Crippen molar-refractivity contribution in [2.24, 2.45) is 4.99 Å². The summed E-state index contributed by atoms with van der Waals surface area (Å²) in [6.07, 6.45) is 3.08. The van der Waals surface area contributed by atoms with E-state index in [2.05, 4.69) is 15.9 Å². The van der Waals surface area contributed by atoms with E-state index in [4.69, 9.17) is 35.5 Å². The number of carbonyl (C=O) groups is 1. The van der Waals surface area contributed by atoms with Crippen molar-refractivity contribution in [1.82, 2.24) is 4.57 Å². The lowest BCUT2D eigenvalue weighted by molar-refractivity contribution is -0.139. The molecular weight excluding hydrogens is 680 g/mol. The molecule has 0 unspecified atom stereocenters. The van der Waals surface area contributed by atoms with Gasteiger partial charge >= 0.3 is 5.97 Å². The molecule has 8 nitrogen and oxygen atoms in total. The van der Waals surface area contributed by atoms with E-state index < -0.39 is 12.0 Å². The molecule has 1 aliphatic rings. The van der Waals surface area contributed by atoms with Crippen molar-refractivity contribution in [3.8, 4) is 17.2 Å². The molecule has 2 heterocycles. The molecule has 0 spiro atoms. The summed E-state index contributed by atoms with van der Waals surface area (Å²) in [7, 11) is 3.12. The van der Waals surface area contributed by atoms with Crippen LogP contribution in [-0.4, -0.2) is 31.4 Å². The van der Waals surface area contributed by atoms with E-state index in [1.807, 2.05) is 55.5 Å². The molecule has 4 aromatic rings. The molecule has 0 saturated heterocycles. The maximum Gasteiger partial charge on any atom is 0.338 e. The normalized spacial score (nSPS) is 14.5. The highest BCUT2D eigenvalue weighted by Gasteiger charge is 2.36. The van der Waals surface area contributed by atoms with E-state index in [-0.39, 0.29) is 18.8 Å². The van der Waals surface area contributed by atoms with Gasteiger partial charge in [0.2, 0.25) is 0 Å². The van der Waals surface area contributed by atoms with Gasteiger partial charge in [-0.05, 0) is 61.4 Å². The summed E-state index contributed by atoms with van der Waals surface area (Å²) in [5.74, 6) is 1.08. The van der Waals surface area contributed by atoms with Crippen LogP contribution >= 0.6 is 38.9 Å². The third-order valence-corrected chi connectivity index (χ3v) is 9.05. The summed E-state index contributed by atoms with van der Waals surface area (Å²) in [5.41, 5.74) is 2.87. The topological polar surface area (TPSA) is 88.4 Å². The number of hydrogen-bond acceptors (Lipinski definition) is 8. The molecule has 0 saturated carbocycles. The van der Waals surface area contributed by atoms with Crippen molar-refractivity contribution in [3.05, 3.63) is 118 Å². The number of nitrogens with zero attached hydrogens (tertiary/aromatic N) is 2. The number of hydrogen-bond donors (Lipinski definition) is 0. The molecule has 0 aliphatic carbocycles. The number of allylic oxidation sites excluding steroid dienone is 1. The molecule has 0 amide bonds. The number of rotatable bonds is 11. The summed E-state index contributed by atoms with van der Waals surface area (Å²) >= 11 is 11.1. The first-order chi connectivity index (χ1) is 21.8. The number of aromatic nitrogens is 1. The van der Waals surface area contributed by atoms with Crippen LogP contribution in [0, 0.1) is 0 Å². The van der Waals surface area contributed by atoms with Crippen molar-refractivity contribution in [2.75, 3.05) is 20.8 Å². The Kier molecular flexibility index (Phi) is 10.5. The van der Waals surface area contributed by atoms with Gasteiger partial charge in [-0.3, -0.25) is 9.36 Å². The Labute approximate surface area is 278 Å². The van der Waals surface area contributed by atoms with Crippen LogP contribution < -0.4 is 29.1 Å². The quantitative estimate of drug-likeness (QED) is 0.163. The summed E-state index contributed by atoms with van der Waals surface area (Å²) in [6.45, 7) is 4.23. The number of esters is 1. The fourth-order valence-electron chi connectivity index (χ4n) is 5.15. The Morgan fingerprint density at radius 3 is 2.51 bits per heavy atom. The second-order valence-corrected chi connectivity index (χ2v) is 12.4. The molecule has 0 radical (unpaired) electrons. The molecule has 5 rings (SSSR count). The van der Waals surface area contributed by atoms with Gasteiger partial charge in [0.25, 0.3) is 5.56 Å². The van der Waals surface area contributed by atoms with E-state index in [9.17, 15) is 9.59 Å². The smallest absolute Gasteiger partial charge is 0.338 e. The molecule has 45 heavy (non-hydrogen) atoms. The third kappa shape index (κ3) is 6.88. The number of thiazole rings is 1. The zero-order valence-electron chi connectivity index (χ0n) is 25.3. The lowest BCUT2D eigenvalue weighted by Gasteiger charge is -2.27. The average molecular weight is 712 g/mol. The maximum atomic E-state index is 14.2. The molecule has 1 aromatic heterocycles. The Morgan fingerprint density at radius 1 is 1.04 bits per heavy atom. The van der Waals surface area contributed by atoms with E-state index >= 15 is 0 Å². The first kappa shape index (κ1) is 32.5. The molecule has 234 valence electrons. The summed E-state index contributed by atoms with van der Waals surface area (Å²) in [6, 6.07) is 17.7. The van der Waals surface area contributed by atoms with Gasteiger partial charge < -0.3 is 18.9 Å². The highest BCUT2D eigenvalue weighted by molar-refractivity contribution is 9.10. The largest absolute Gasteiger partial charge is 0.496 e. The predicted molar refractivity (Wildman–Crippen MR) is 179 cm³/mol. The molecule has 1 aliphatic heterocycles. The Hall–Kier alpha value is -3.86. The van der Waals surface area contributed by atoms with Crippen LogP contribution in [0.1, 0.15) is 49.4 Å². The number of halogens is 2. The fraction of sp³-hybridized carbons (Fsp3) is 0.265. The van der Waals surface area contributed by atoms with Crippen LogP contribution in [-0.2, 0) is 16.1 Å². The minimum Gasteiger partial charge on any atom is -0.496 e. The third-order valence-electron chi connectivity index (χ3n) is 7.20. The minimum atomic E-state index is -0.799. The zero-order chi connectivity index (χ0) is 32.1. The highest BCUT2D eigenvalue weighted by atomic mass is 79.9. The molecule has 1 atom stereocenters. The van der Waals surface area contributed by atoms with Crippen molar-refractivity contribution < 1.29 is 23.7 Å². The summed E-state index contributed by atoms with van der Waals surface area (Å²) in [5, 5.41) is 0.621. The molecule has 3 aromatic carbocycles. The molecular formula is C34H32BrClN2O6S. The van der Waals surface area contributed by atoms with Gasteiger partial charge in [0.1, 0.15) is 18.4 Å². The van der Waals surface area contributed by atoms with E-state index in [0.29, 0.717) is 54.9 Å². The zero-order valence-corrected chi connectivity index (χ0v) is 28.4. The Bertz CT molecular complexity index is 1950. The van der Waals surface area contributed by atoms with Crippen molar-refractivity contribution in [2.45, 2.75) is 39.3 Å². The number of benzene rings is 3. The second-order valence-electron chi connectivity index (χ2n) is 10.1. The first-order valence-electron chi connectivity index (χ1n) is 14.4. The van der Waals surface area contributed by atoms with Crippen molar-refractivity contribution in [3.63, 3.8) is 0 Å². The van der Waals surface area contributed by atoms with Gasteiger partial charge in [0.15, 0.2) is 16.3 Å². The maximum absolute atomic E-state index is 14.2. The summed E-state index contributed by atoms with van der Waals surface area (Å²) in [4.78, 5) is 33.0. The number of ether oxygens (including phenoxy) is 4. The lowest BCUT2D eigenvalue weighted by atomic mass is 9.93. The molecule has 0 bridgehead atoms. The van der Waals surface area contributed by atoms with Crippen LogP contribution in [0.25, 0.3) is 6.08 Å². The Morgan fingerprint density at radius 2 is 1.80 bits per heavy atom.